The van der Waals surface area contributed by atoms with Crippen LogP contribution in [-0.2, 0) is 30.7 Å². The van der Waals surface area contributed by atoms with Crippen LogP contribution in [0.15, 0.2) is 48.8 Å². The van der Waals surface area contributed by atoms with Gasteiger partial charge in [0.25, 0.3) is 5.91 Å². The van der Waals surface area contributed by atoms with Gasteiger partial charge in [0.2, 0.25) is 10.0 Å². The van der Waals surface area contributed by atoms with Crippen molar-refractivity contribution in [2.24, 2.45) is 11.8 Å². The molecular weight excluding hydrogens is 823 g/mol. The third kappa shape index (κ3) is 11.2. The topological polar surface area (TPSA) is 151 Å². The number of ether oxygens (including phenoxy) is 5. The third-order valence-corrected chi connectivity index (χ3v) is 11.3. The Morgan fingerprint density at radius 2 is 1.53 bits per heavy atom. The molecule has 0 bridgehead atoms. The number of hydrogen-bond acceptors (Lipinski definition) is 11. The van der Waals surface area contributed by atoms with Crippen molar-refractivity contribution in [3.8, 4) is 17.2 Å². The summed E-state index contributed by atoms with van der Waals surface area (Å²) >= 11 is 13.0. The van der Waals surface area contributed by atoms with E-state index in [-0.39, 0.29) is 83.0 Å². The van der Waals surface area contributed by atoms with E-state index >= 15 is 0 Å². The average Bonchev–Trinajstić information content (AvgIpc) is 4.08. The third-order valence-electron chi connectivity index (χ3n) is 9.60. The average molecular weight is 869 g/mol. The molecule has 314 valence electrons. The number of alkyl halides is 2. The number of halogens is 4. The predicted octanol–water partition coefficient (Wildman–Crippen LogP) is 8.40. The minimum atomic E-state index is -4.31. The summed E-state index contributed by atoms with van der Waals surface area (Å²) in [5.41, 5.74) is -0.531. The van der Waals surface area contributed by atoms with Gasteiger partial charge in [-0.15, -0.1) is 0 Å². The molecule has 1 saturated heterocycles. The number of rotatable bonds is 16. The second kappa shape index (κ2) is 17.8. The van der Waals surface area contributed by atoms with Crippen LogP contribution in [0.25, 0.3) is 0 Å². The predicted molar refractivity (Wildman–Crippen MR) is 210 cm³/mol. The minimum absolute atomic E-state index is 0.0235. The second-order valence-corrected chi connectivity index (χ2v) is 18.3. The van der Waals surface area contributed by atoms with Gasteiger partial charge in [-0.25, -0.2) is 18.0 Å². The summed E-state index contributed by atoms with van der Waals surface area (Å²) in [7, 11) is -4.31. The number of pyridine rings is 1. The number of nitrogens with zero attached hydrogens (tertiary/aromatic N) is 3. The molecule has 0 radical (unpaired) electrons. The number of amides is 2. The molecule has 2 aromatic carbocycles. The molecule has 6 rings (SSSR count). The Kier molecular flexibility index (Phi) is 13.3. The Hall–Kier alpha value is -4.41. The maximum Gasteiger partial charge on any atom is 0.429 e. The standard InChI is InChI=1S/C40H45Cl2F2N3O10S/c1-40(2,3)57-39(50)47(58(4,51)52)31-16-26(12-13-32(31)53-21-23-7-8-23)36(48)46-15-5-6-30(46)37(49)55-34(18-27-28(41)19-45-20-29(27)42)25-11-14-33(56-38(43)44)35(17-25)54-22-24-9-10-24/h11-14,16-17,19-20,23-24,30,34,38H,5-10,15,18,21-22H2,1-4H3. The van der Waals surface area contributed by atoms with Gasteiger partial charge in [-0.1, -0.05) is 29.3 Å². The van der Waals surface area contributed by atoms with Crippen LogP contribution in [0, 0.1) is 11.8 Å². The molecule has 0 spiro atoms. The van der Waals surface area contributed by atoms with Gasteiger partial charge in [-0.05, 0) is 113 Å². The lowest BCUT2D eigenvalue weighted by atomic mass is 10.0. The van der Waals surface area contributed by atoms with Crippen molar-refractivity contribution in [3.63, 3.8) is 0 Å². The molecular formula is C40H45Cl2F2N3O10S. The summed E-state index contributed by atoms with van der Waals surface area (Å²) in [5, 5.41) is 0.396. The van der Waals surface area contributed by atoms with E-state index in [9.17, 15) is 31.6 Å². The van der Waals surface area contributed by atoms with Crippen LogP contribution in [-0.4, -0.2) is 80.5 Å². The van der Waals surface area contributed by atoms with Crippen LogP contribution < -0.4 is 18.5 Å². The number of benzene rings is 2. The number of hydrogen-bond donors (Lipinski definition) is 0. The highest BCUT2D eigenvalue weighted by atomic mass is 35.5. The van der Waals surface area contributed by atoms with Gasteiger partial charge in [0.1, 0.15) is 29.2 Å². The molecule has 1 aromatic heterocycles. The SMILES string of the molecule is CC(C)(C)OC(=O)N(c1cc(C(=O)N2CCCC2C(=O)OC(Cc2c(Cl)cncc2Cl)c2ccc(OC(F)F)c(OCC3CC3)c2)ccc1OCC1CC1)S(C)(=O)=O. The number of aromatic nitrogens is 1. The molecule has 2 unspecified atom stereocenters. The van der Waals surface area contributed by atoms with Gasteiger partial charge in [-0.2, -0.15) is 13.1 Å². The van der Waals surface area contributed by atoms with Crippen molar-refractivity contribution in [1.82, 2.24) is 9.88 Å². The van der Waals surface area contributed by atoms with Crippen molar-refractivity contribution in [2.45, 2.75) is 90.1 Å². The van der Waals surface area contributed by atoms with Crippen LogP contribution in [0.1, 0.15) is 86.9 Å². The zero-order valence-corrected chi connectivity index (χ0v) is 34.7. The Bertz CT molecular complexity index is 2110. The van der Waals surface area contributed by atoms with E-state index in [4.69, 9.17) is 46.9 Å². The maximum atomic E-state index is 14.3. The summed E-state index contributed by atoms with van der Waals surface area (Å²) in [4.78, 5) is 47.1. The molecule has 3 aromatic rings. The van der Waals surface area contributed by atoms with Crippen LogP contribution in [0.5, 0.6) is 17.2 Å². The van der Waals surface area contributed by atoms with Crippen molar-refractivity contribution in [3.05, 3.63) is 75.5 Å². The molecule has 3 fully saturated rings. The normalized spacial score (nSPS) is 17.5. The monoisotopic (exact) mass is 867 g/mol. The van der Waals surface area contributed by atoms with E-state index in [0.717, 1.165) is 31.9 Å². The maximum absolute atomic E-state index is 14.3. The minimum Gasteiger partial charge on any atom is -0.491 e. The first-order chi connectivity index (χ1) is 27.4. The molecule has 1 aliphatic heterocycles. The van der Waals surface area contributed by atoms with E-state index in [1.807, 2.05) is 0 Å². The Labute approximate surface area is 345 Å². The van der Waals surface area contributed by atoms with Gasteiger partial charge in [0, 0.05) is 30.9 Å². The van der Waals surface area contributed by atoms with E-state index in [0.29, 0.717) is 21.9 Å². The van der Waals surface area contributed by atoms with Crippen LogP contribution in [0.4, 0.5) is 19.3 Å². The lowest BCUT2D eigenvalue weighted by Gasteiger charge is -2.28. The summed E-state index contributed by atoms with van der Waals surface area (Å²) in [5.74, 6) is -0.953. The molecule has 13 nitrogen and oxygen atoms in total. The van der Waals surface area contributed by atoms with Gasteiger partial charge in [0.05, 0.1) is 29.5 Å². The van der Waals surface area contributed by atoms with Crippen LogP contribution in [0.3, 0.4) is 0 Å². The molecule has 2 saturated carbocycles. The summed E-state index contributed by atoms with van der Waals surface area (Å²) in [6.45, 7) is 2.37. The van der Waals surface area contributed by atoms with Crippen LogP contribution >= 0.6 is 23.2 Å². The lowest BCUT2D eigenvalue weighted by Crippen LogP contribution is -2.42. The van der Waals surface area contributed by atoms with Crippen molar-refractivity contribution in [2.75, 3.05) is 30.3 Å². The fraction of sp³-hybridized carbons (Fsp3) is 0.500. The Balaban J connectivity index is 1.30. The van der Waals surface area contributed by atoms with Crippen molar-refractivity contribution in [1.29, 1.82) is 0 Å². The first-order valence-corrected chi connectivity index (χ1v) is 21.5. The summed E-state index contributed by atoms with van der Waals surface area (Å²) < 4.78 is 81.6. The Morgan fingerprint density at radius 1 is 0.914 bits per heavy atom. The quantitative estimate of drug-likeness (QED) is 0.128. The molecule has 2 atom stereocenters. The molecule has 58 heavy (non-hydrogen) atoms. The smallest absolute Gasteiger partial charge is 0.429 e. The fourth-order valence-electron chi connectivity index (χ4n) is 6.35. The van der Waals surface area contributed by atoms with E-state index in [1.54, 1.807) is 20.8 Å². The van der Waals surface area contributed by atoms with E-state index in [2.05, 4.69) is 4.98 Å². The number of carbonyl (C=O) groups excluding carboxylic acids is 3. The first kappa shape index (κ1) is 43.2. The highest BCUT2D eigenvalue weighted by molar-refractivity contribution is 7.92. The van der Waals surface area contributed by atoms with Gasteiger partial charge in [0.15, 0.2) is 11.5 Å². The lowest BCUT2D eigenvalue weighted by molar-refractivity contribution is -0.154. The van der Waals surface area contributed by atoms with E-state index < -0.39 is 52.4 Å². The number of likely N-dealkylation sites (tertiary alicyclic amines) is 1. The van der Waals surface area contributed by atoms with Gasteiger partial charge < -0.3 is 28.6 Å². The molecule has 3 aliphatic rings. The molecule has 18 heteroatoms. The second-order valence-electron chi connectivity index (χ2n) is 15.7. The van der Waals surface area contributed by atoms with Crippen LogP contribution in [0.2, 0.25) is 10.0 Å². The zero-order valence-electron chi connectivity index (χ0n) is 32.4. The van der Waals surface area contributed by atoms with Crippen molar-refractivity contribution >= 4 is 56.9 Å². The number of esters is 1. The number of anilines is 1. The molecule has 2 aliphatic carbocycles. The summed E-state index contributed by atoms with van der Waals surface area (Å²) in [6.07, 6.45) is 5.70. The Morgan fingerprint density at radius 3 is 2.12 bits per heavy atom. The largest absolute Gasteiger partial charge is 0.491 e. The molecule has 0 N–H and O–H groups in total. The molecule has 2 amide bonds. The highest BCUT2D eigenvalue weighted by Gasteiger charge is 2.39. The number of carbonyl (C=O) groups is 3. The summed E-state index contributed by atoms with van der Waals surface area (Å²) in [6, 6.07) is 7.23. The highest BCUT2D eigenvalue weighted by Crippen LogP contribution is 2.40. The molecule has 2 heterocycles. The van der Waals surface area contributed by atoms with E-state index in [1.165, 1.54) is 53.7 Å². The first-order valence-electron chi connectivity index (χ1n) is 18.9. The van der Waals surface area contributed by atoms with Crippen molar-refractivity contribution < 1.29 is 55.3 Å². The fourth-order valence-corrected chi connectivity index (χ4v) is 7.67. The number of sulfonamides is 1. The zero-order chi connectivity index (χ0) is 41.9. The van der Waals surface area contributed by atoms with Gasteiger partial charge in [-0.3, -0.25) is 9.78 Å². The van der Waals surface area contributed by atoms with Gasteiger partial charge >= 0.3 is 18.7 Å².